The monoisotopic (exact) mass is 939 g/mol. The highest BCUT2D eigenvalue weighted by atomic mass is 16.6. The van der Waals surface area contributed by atoms with Gasteiger partial charge in [0.25, 0.3) is 0 Å². The summed E-state index contributed by atoms with van der Waals surface area (Å²) >= 11 is 0. The zero-order valence-electron chi connectivity index (χ0n) is 44.1. The molecule has 0 spiro atoms. The topological polar surface area (TPSA) is 99.1 Å². The first-order valence-electron chi connectivity index (χ1n) is 27.5. The highest BCUT2D eigenvalue weighted by Crippen LogP contribution is 2.15. The number of unbranched alkanes of at least 4 members (excludes halogenated alkanes) is 23. The normalized spacial score (nSPS) is 13.4. The van der Waals surface area contributed by atoms with E-state index in [1.54, 1.807) is 0 Å². The van der Waals surface area contributed by atoms with Crippen LogP contribution in [0.4, 0.5) is 0 Å². The van der Waals surface area contributed by atoms with Gasteiger partial charge in [-0.05, 0) is 83.5 Å². The maximum atomic E-state index is 12.8. The number of rotatable bonds is 49. The first kappa shape index (κ1) is 63.8. The van der Waals surface area contributed by atoms with Crippen LogP contribution in [0.3, 0.4) is 0 Å². The van der Waals surface area contributed by atoms with Crippen molar-refractivity contribution in [2.45, 2.75) is 244 Å². The number of hydrogen-bond acceptors (Lipinski definition) is 6. The SMILES string of the molecule is CC/C=C/C/C=C/C/C=C/C/C=C/C/C=C/CCCCCCCCCC(=O)OCC(COCCC(C(=O)O)[N+](C)(C)C)OC(=O)CCCCCCCCC/C=C/CCCCCCCCCCC. The third kappa shape index (κ3) is 47.6. The van der Waals surface area contributed by atoms with Gasteiger partial charge in [-0.2, -0.15) is 0 Å². The Morgan fingerprint density at radius 2 is 0.836 bits per heavy atom. The molecule has 0 fully saturated rings. The molecular formula is C59H104NO7+. The summed E-state index contributed by atoms with van der Waals surface area (Å²) in [5.41, 5.74) is 0. The van der Waals surface area contributed by atoms with Crippen LogP contribution in [0.15, 0.2) is 72.9 Å². The van der Waals surface area contributed by atoms with Gasteiger partial charge in [-0.15, -0.1) is 0 Å². The molecule has 0 aliphatic heterocycles. The van der Waals surface area contributed by atoms with Crippen LogP contribution in [-0.4, -0.2) is 80.6 Å². The fourth-order valence-corrected chi connectivity index (χ4v) is 7.88. The second kappa shape index (κ2) is 49.2. The van der Waals surface area contributed by atoms with Gasteiger partial charge in [-0.3, -0.25) is 9.59 Å². The number of likely N-dealkylation sites (N-methyl/N-ethyl adjacent to an activating group) is 1. The van der Waals surface area contributed by atoms with E-state index in [1.807, 2.05) is 21.1 Å². The molecule has 0 aromatic rings. The molecule has 386 valence electrons. The van der Waals surface area contributed by atoms with Crippen molar-refractivity contribution in [3.63, 3.8) is 0 Å². The van der Waals surface area contributed by atoms with E-state index in [4.69, 9.17) is 14.2 Å². The molecule has 2 atom stereocenters. The van der Waals surface area contributed by atoms with Crippen molar-refractivity contribution >= 4 is 17.9 Å². The lowest BCUT2D eigenvalue weighted by molar-refractivity contribution is -0.887. The Balaban J connectivity index is 4.24. The van der Waals surface area contributed by atoms with Gasteiger partial charge in [0.1, 0.15) is 6.61 Å². The number of carboxylic acids is 1. The highest BCUT2D eigenvalue weighted by Gasteiger charge is 2.31. The third-order valence-corrected chi connectivity index (χ3v) is 12.1. The molecule has 8 heteroatoms. The van der Waals surface area contributed by atoms with Gasteiger partial charge < -0.3 is 23.8 Å². The molecule has 0 radical (unpaired) electrons. The molecule has 0 aromatic heterocycles. The Morgan fingerprint density at radius 3 is 1.25 bits per heavy atom. The fraction of sp³-hybridized carbons (Fsp3) is 0.746. The van der Waals surface area contributed by atoms with Crippen molar-refractivity contribution in [1.82, 2.24) is 0 Å². The van der Waals surface area contributed by atoms with Crippen LogP contribution in [0, 0.1) is 0 Å². The third-order valence-electron chi connectivity index (χ3n) is 12.1. The molecule has 67 heavy (non-hydrogen) atoms. The van der Waals surface area contributed by atoms with Crippen LogP contribution in [0.1, 0.15) is 232 Å². The Labute approximate surface area is 412 Å². The maximum Gasteiger partial charge on any atom is 0.362 e. The van der Waals surface area contributed by atoms with Crippen LogP contribution in [0.25, 0.3) is 0 Å². The molecule has 0 amide bonds. The number of allylic oxidation sites excluding steroid dienone is 12. The first-order valence-corrected chi connectivity index (χ1v) is 27.5. The molecular weight excluding hydrogens is 835 g/mol. The minimum Gasteiger partial charge on any atom is -0.477 e. The van der Waals surface area contributed by atoms with Gasteiger partial charge >= 0.3 is 17.9 Å². The number of hydrogen-bond donors (Lipinski definition) is 1. The second-order valence-electron chi connectivity index (χ2n) is 19.5. The van der Waals surface area contributed by atoms with Crippen LogP contribution in [0.5, 0.6) is 0 Å². The molecule has 1 N–H and O–H groups in total. The Hall–Kier alpha value is -3.23. The molecule has 0 bridgehead atoms. The van der Waals surface area contributed by atoms with Gasteiger partial charge in [-0.1, -0.05) is 202 Å². The molecule has 0 saturated heterocycles. The van der Waals surface area contributed by atoms with Crippen LogP contribution in [-0.2, 0) is 28.6 Å². The van der Waals surface area contributed by atoms with Crippen LogP contribution >= 0.6 is 0 Å². The Bertz CT molecular complexity index is 1320. The number of aliphatic carboxylic acids is 1. The second-order valence-corrected chi connectivity index (χ2v) is 19.5. The largest absolute Gasteiger partial charge is 0.477 e. The van der Waals surface area contributed by atoms with Crippen molar-refractivity contribution in [3.05, 3.63) is 72.9 Å². The predicted molar refractivity (Wildman–Crippen MR) is 284 cm³/mol. The molecule has 0 rings (SSSR count). The van der Waals surface area contributed by atoms with E-state index in [2.05, 4.69) is 86.8 Å². The molecule has 2 unspecified atom stereocenters. The summed E-state index contributed by atoms with van der Waals surface area (Å²) in [5, 5.41) is 9.67. The van der Waals surface area contributed by atoms with E-state index in [1.165, 1.54) is 122 Å². The average Bonchev–Trinajstić information content (AvgIpc) is 3.29. The number of ether oxygens (including phenoxy) is 3. The zero-order valence-corrected chi connectivity index (χ0v) is 44.1. The predicted octanol–water partition coefficient (Wildman–Crippen LogP) is 16.3. The van der Waals surface area contributed by atoms with E-state index < -0.39 is 18.1 Å². The van der Waals surface area contributed by atoms with E-state index in [0.29, 0.717) is 19.3 Å². The summed E-state index contributed by atoms with van der Waals surface area (Å²) in [4.78, 5) is 37.2. The first-order chi connectivity index (χ1) is 32.6. The number of carboxylic acid groups (broad SMARTS) is 1. The number of carbonyl (C=O) groups is 3. The van der Waals surface area contributed by atoms with Crippen molar-refractivity contribution in [1.29, 1.82) is 0 Å². The van der Waals surface area contributed by atoms with E-state index >= 15 is 0 Å². The van der Waals surface area contributed by atoms with Crippen molar-refractivity contribution in [2.24, 2.45) is 0 Å². The number of nitrogens with zero attached hydrogens (tertiary/aromatic N) is 1. The van der Waals surface area contributed by atoms with E-state index in [0.717, 1.165) is 77.0 Å². The number of esters is 2. The molecule has 0 aromatic carbocycles. The maximum absolute atomic E-state index is 12.8. The molecule has 0 aliphatic rings. The Morgan fingerprint density at radius 1 is 0.463 bits per heavy atom. The van der Waals surface area contributed by atoms with Gasteiger partial charge in [-0.25, -0.2) is 4.79 Å². The van der Waals surface area contributed by atoms with Gasteiger partial charge in [0.15, 0.2) is 12.1 Å². The summed E-state index contributed by atoms with van der Waals surface area (Å²) in [6.45, 7) is 4.63. The molecule has 0 aliphatic carbocycles. The number of carbonyl (C=O) groups excluding carboxylic acids is 2. The van der Waals surface area contributed by atoms with Gasteiger partial charge in [0.2, 0.25) is 0 Å². The lowest BCUT2D eigenvalue weighted by atomic mass is 10.1. The number of quaternary nitrogens is 1. The van der Waals surface area contributed by atoms with Gasteiger partial charge in [0, 0.05) is 19.3 Å². The molecule has 0 heterocycles. The van der Waals surface area contributed by atoms with Crippen molar-refractivity contribution in [3.8, 4) is 0 Å². The zero-order chi connectivity index (χ0) is 49.2. The summed E-state index contributed by atoms with van der Waals surface area (Å²) in [6, 6.07) is -0.621. The average molecular weight is 939 g/mol. The summed E-state index contributed by atoms with van der Waals surface area (Å²) in [6.07, 6.45) is 63.8. The molecule has 0 saturated carbocycles. The lowest BCUT2D eigenvalue weighted by Gasteiger charge is -2.31. The van der Waals surface area contributed by atoms with Crippen molar-refractivity contribution < 1.29 is 38.2 Å². The lowest BCUT2D eigenvalue weighted by Crippen LogP contribution is -2.50. The minimum atomic E-state index is -0.878. The van der Waals surface area contributed by atoms with Crippen molar-refractivity contribution in [2.75, 3.05) is 41.0 Å². The molecule has 8 nitrogen and oxygen atoms in total. The summed E-state index contributed by atoms with van der Waals surface area (Å²) in [7, 11) is 5.53. The summed E-state index contributed by atoms with van der Waals surface area (Å²) in [5.74, 6) is -1.48. The fourth-order valence-electron chi connectivity index (χ4n) is 7.88. The van der Waals surface area contributed by atoms with Gasteiger partial charge in [0.05, 0.1) is 34.4 Å². The van der Waals surface area contributed by atoms with Crippen LogP contribution in [0.2, 0.25) is 0 Å². The summed E-state index contributed by atoms with van der Waals surface area (Å²) < 4.78 is 17.4. The highest BCUT2D eigenvalue weighted by molar-refractivity contribution is 5.72. The van der Waals surface area contributed by atoms with E-state index in [9.17, 15) is 19.5 Å². The standard InChI is InChI=1S/C59H103NO7/c1-6-8-10-12-14-16-18-20-22-24-26-28-29-30-32-33-35-37-39-41-43-45-47-49-57(61)66-54-55(53-65-52-51-56(59(63)64)60(3,4)5)67-58(62)50-48-46-44-42-40-38-36-34-31-27-25-23-21-19-17-15-13-11-9-7-2/h8,10,14,16,20,22,26-28,30-32,55-56H,6-7,9,11-13,15,17-19,21,23-25,29,33-54H2,1-5H3/p+1/b10-8+,16-14+,22-20+,28-26+,31-27+,32-30+. The van der Waals surface area contributed by atoms with Crippen LogP contribution < -0.4 is 0 Å². The minimum absolute atomic E-state index is 0.0536. The quantitative estimate of drug-likeness (QED) is 0.0281. The Kier molecular flexibility index (Phi) is 46.8. The smallest absolute Gasteiger partial charge is 0.362 e. The van der Waals surface area contributed by atoms with E-state index in [-0.39, 0.29) is 36.2 Å².